The number of halogens is 1. The first kappa shape index (κ1) is 15.1. The van der Waals surface area contributed by atoms with Crippen LogP contribution in [0.2, 0.25) is 5.02 Å². The Bertz CT molecular complexity index is 489. The molecule has 0 spiro atoms. The molecule has 1 heterocycles. The average Bonchev–Trinajstić information content (AvgIpc) is 2.43. The maximum absolute atomic E-state index is 9.14. The van der Waals surface area contributed by atoms with Crippen LogP contribution in [0.1, 0.15) is 12.5 Å². The highest BCUT2D eigenvalue weighted by molar-refractivity contribution is 6.30. The first-order valence-electron chi connectivity index (χ1n) is 6.95. The fraction of sp³-hybridized carbons (Fsp3) is 0.533. The number of hydrogen-bond acceptors (Lipinski definition) is 4. The molecule has 0 aromatic heterocycles. The molecule has 4 nitrogen and oxygen atoms in total. The molecule has 2 rings (SSSR count). The molecule has 0 saturated carbocycles. The third kappa shape index (κ3) is 4.11. The molecule has 1 aliphatic rings. The number of piperazine rings is 1. The molecule has 1 atom stereocenters. The number of hydrogen-bond donors (Lipinski definition) is 1. The summed E-state index contributed by atoms with van der Waals surface area (Å²) >= 11 is 5.91. The molecule has 0 aliphatic carbocycles. The first-order valence-corrected chi connectivity index (χ1v) is 7.33. The lowest BCUT2D eigenvalue weighted by Gasteiger charge is -2.34. The van der Waals surface area contributed by atoms with Crippen LogP contribution in [-0.4, -0.2) is 55.6 Å². The van der Waals surface area contributed by atoms with Gasteiger partial charge in [0.1, 0.15) is 6.07 Å². The molecule has 0 bridgehead atoms. The van der Waals surface area contributed by atoms with Gasteiger partial charge in [-0.25, -0.2) is 0 Å². The van der Waals surface area contributed by atoms with Crippen LogP contribution < -0.4 is 5.32 Å². The summed E-state index contributed by atoms with van der Waals surface area (Å²) in [6, 6.07) is 7.87. The molecular weight excluding hydrogens is 272 g/mol. The Morgan fingerprint density at radius 1 is 1.35 bits per heavy atom. The lowest BCUT2D eigenvalue weighted by Crippen LogP contribution is -2.47. The summed E-state index contributed by atoms with van der Waals surface area (Å²) in [4.78, 5) is 4.81. The summed E-state index contributed by atoms with van der Waals surface area (Å²) in [5.41, 5.74) is 1.46. The van der Waals surface area contributed by atoms with E-state index in [4.69, 9.17) is 16.9 Å². The van der Waals surface area contributed by atoms with Crippen LogP contribution in [0.4, 0.5) is 5.69 Å². The largest absolute Gasteiger partial charge is 0.380 e. The highest BCUT2D eigenvalue weighted by Gasteiger charge is 2.16. The van der Waals surface area contributed by atoms with Gasteiger partial charge in [0.25, 0.3) is 0 Å². The van der Waals surface area contributed by atoms with E-state index in [-0.39, 0.29) is 0 Å². The normalized spacial score (nSPS) is 18.5. The van der Waals surface area contributed by atoms with Crippen molar-refractivity contribution in [1.82, 2.24) is 9.80 Å². The van der Waals surface area contributed by atoms with Crippen molar-refractivity contribution in [3.8, 4) is 6.07 Å². The van der Waals surface area contributed by atoms with E-state index in [2.05, 4.69) is 35.2 Å². The van der Waals surface area contributed by atoms with Crippen LogP contribution in [0.3, 0.4) is 0 Å². The zero-order valence-electron chi connectivity index (χ0n) is 12.1. The standard InChI is InChI=1S/C15H21ClN4/c1-12(11-20-7-5-19(2)6-8-20)18-15-4-3-14(16)9-13(15)10-17/h3-4,9,12,18H,5-8,11H2,1-2H3. The maximum Gasteiger partial charge on any atom is 0.101 e. The monoisotopic (exact) mass is 292 g/mol. The Kier molecular flexibility index (Phi) is 5.24. The second kappa shape index (κ2) is 6.94. The minimum atomic E-state index is 0.298. The average molecular weight is 293 g/mol. The summed E-state index contributed by atoms with van der Waals surface area (Å²) in [6.45, 7) is 7.59. The van der Waals surface area contributed by atoms with Crippen LogP contribution in [0, 0.1) is 11.3 Å². The van der Waals surface area contributed by atoms with E-state index < -0.39 is 0 Å². The minimum absolute atomic E-state index is 0.298. The van der Waals surface area contributed by atoms with Gasteiger partial charge in [-0.2, -0.15) is 5.26 Å². The van der Waals surface area contributed by atoms with E-state index in [0.29, 0.717) is 16.6 Å². The van der Waals surface area contributed by atoms with Gasteiger partial charge in [-0.15, -0.1) is 0 Å². The Balaban J connectivity index is 1.91. The fourth-order valence-electron chi connectivity index (χ4n) is 2.46. The van der Waals surface area contributed by atoms with Crippen LogP contribution in [0.5, 0.6) is 0 Å². The SMILES string of the molecule is CC(CN1CCN(C)CC1)Nc1ccc(Cl)cc1C#N. The molecule has 1 aliphatic heterocycles. The van der Waals surface area contributed by atoms with Gasteiger partial charge in [-0.1, -0.05) is 11.6 Å². The molecule has 20 heavy (non-hydrogen) atoms. The number of anilines is 1. The van der Waals surface area contributed by atoms with Crippen molar-refractivity contribution in [3.05, 3.63) is 28.8 Å². The molecular formula is C15H21ClN4. The zero-order chi connectivity index (χ0) is 14.5. The minimum Gasteiger partial charge on any atom is -0.380 e. The van der Waals surface area contributed by atoms with Crippen molar-refractivity contribution in [3.63, 3.8) is 0 Å². The lowest BCUT2D eigenvalue weighted by atomic mass is 10.1. The summed E-state index contributed by atoms with van der Waals surface area (Å²) in [5.74, 6) is 0. The topological polar surface area (TPSA) is 42.3 Å². The first-order chi connectivity index (χ1) is 9.58. The molecule has 5 heteroatoms. The van der Waals surface area contributed by atoms with Gasteiger partial charge >= 0.3 is 0 Å². The smallest absolute Gasteiger partial charge is 0.101 e. The highest BCUT2D eigenvalue weighted by Crippen LogP contribution is 2.20. The quantitative estimate of drug-likeness (QED) is 0.924. The molecule has 1 fully saturated rings. The van der Waals surface area contributed by atoms with Crippen LogP contribution in [-0.2, 0) is 0 Å². The third-order valence-electron chi connectivity index (χ3n) is 3.63. The number of rotatable bonds is 4. The predicted molar refractivity (Wildman–Crippen MR) is 83.2 cm³/mol. The third-order valence-corrected chi connectivity index (χ3v) is 3.87. The molecule has 1 unspecified atom stereocenters. The molecule has 1 aromatic carbocycles. The van der Waals surface area contributed by atoms with Gasteiger partial charge in [0, 0.05) is 43.8 Å². The number of nitrogens with one attached hydrogen (secondary N) is 1. The van der Waals surface area contributed by atoms with E-state index in [1.807, 2.05) is 12.1 Å². The van der Waals surface area contributed by atoms with Crippen molar-refractivity contribution < 1.29 is 0 Å². The van der Waals surface area contributed by atoms with Crippen molar-refractivity contribution in [2.45, 2.75) is 13.0 Å². The Morgan fingerprint density at radius 3 is 2.70 bits per heavy atom. The van der Waals surface area contributed by atoms with Crippen molar-refractivity contribution in [2.24, 2.45) is 0 Å². The van der Waals surface area contributed by atoms with Gasteiger partial charge in [-0.3, -0.25) is 4.90 Å². The number of nitrogens with zero attached hydrogens (tertiary/aromatic N) is 3. The van der Waals surface area contributed by atoms with E-state index in [9.17, 15) is 0 Å². The van der Waals surface area contributed by atoms with Crippen molar-refractivity contribution >= 4 is 17.3 Å². The van der Waals surface area contributed by atoms with Gasteiger partial charge in [0.05, 0.1) is 11.3 Å². The van der Waals surface area contributed by atoms with Gasteiger partial charge in [0.2, 0.25) is 0 Å². The molecule has 1 aromatic rings. The van der Waals surface area contributed by atoms with Crippen LogP contribution in [0.25, 0.3) is 0 Å². The van der Waals surface area contributed by atoms with E-state index >= 15 is 0 Å². The zero-order valence-corrected chi connectivity index (χ0v) is 12.8. The van der Waals surface area contributed by atoms with Crippen LogP contribution in [0.15, 0.2) is 18.2 Å². The van der Waals surface area contributed by atoms with E-state index in [1.54, 1.807) is 6.07 Å². The Morgan fingerprint density at radius 2 is 2.05 bits per heavy atom. The van der Waals surface area contributed by atoms with Crippen LogP contribution >= 0.6 is 11.6 Å². The predicted octanol–water partition coefficient (Wildman–Crippen LogP) is 2.26. The molecule has 1 saturated heterocycles. The molecule has 108 valence electrons. The van der Waals surface area contributed by atoms with E-state index in [0.717, 1.165) is 38.4 Å². The molecule has 1 N–H and O–H groups in total. The maximum atomic E-state index is 9.14. The Hall–Kier alpha value is -1.28. The van der Waals surface area contributed by atoms with Crippen molar-refractivity contribution in [1.29, 1.82) is 5.26 Å². The van der Waals surface area contributed by atoms with Gasteiger partial charge in [-0.05, 0) is 32.2 Å². The Labute approximate surface area is 125 Å². The molecule has 0 amide bonds. The second-order valence-corrected chi connectivity index (χ2v) is 5.89. The number of nitriles is 1. The fourth-order valence-corrected chi connectivity index (χ4v) is 2.64. The number of likely N-dealkylation sites (N-methyl/N-ethyl adjacent to an activating group) is 1. The summed E-state index contributed by atoms with van der Waals surface area (Å²) in [7, 11) is 2.16. The summed E-state index contributed by atoms with van der Waals surface area (Å²) in [5, 5.41) is 13.1. The summed E-state index contributed by atoms with van der Waals surface area (Å²) in [6.07, 6.45) is 0. The van der Waals surface area contributed by atoms with E-state index in [1.165, 1.54) is 0 Å². The van der Waals surface area contributed by atoms with Crippen molar-refractivity contribution in [2.75, 3.05) is 45.1 Å². The van der Waals surface area contributed by atoms with Gasteiger partial charge < -0.3 is 10.2 Å². The number of benzene rings is 1. The molecule has 0 radical (unpaired) electrons. The summed E-state index contributed by atoms with van der Waals surface area (Å²) < 4.78 is 0. The lowest BCUT2D eigenvalue weighted by molar-refractivity contribution is 0.151. The highest BCUT2D eigenvalue weighted by atomic mass is 35.5. The second-order valence-electron chi connectivity index (χ2n) is 5.45. The van der Waals surface area contributed by atoms with Gasteiger partial charge in [0.15, 0.2) is 0 Å².